The highest BCUT2D eigenvalue weighted by molar-refractivity contribution is 5.47. The van der Waals surface area contributed by atoms with Crippen LogP contribution in [0.15, 0.2) is 6.33 Å². The van der Waals surface area contributed by atoms with E-state index in [9.17, 15) is 0 Å². The summed E-state index contributed by atoms with van der Waals surface area (Å²) in [4.78, 5) is 8.31. The summed E-state index contributed by atoms with van der Waals surface area (Å²) in [6, 6.07) is 0. The van der Waals surface area contributed by atoms with Crippen LogP contribution < -0.4 is 15.8 Å². The van der Waals surface area contributed by atoms with Gasteiger partial charge in [0.05, 0.1) is 12.7 Å². The zero-order chi connectivity index (χ0) is 13.6. The highest BCUT2D eigenvalue weighted by Gasteiger charge is 2.24. The number of ether oxygens (including phenoxy) is 1. The van der Waals surface area contributed by atoms with Crippen LogP contribution in [0.4, 0.5) is 5.82 Å². The SMILES string of the molecule is CCC(CC)(CN)CNc1ncnc(OC)c1C. The summed E-state index contributed by atoms with van der Waals surface area (Å²) in [7, 11) is 1.61. The van der Waals surface area contributed by atoms with Gasteiger partial charge < -0.3 is 15.8 Å². The Kier molecular flexibility index (Phi) is 5.34. The predicted octanol–water partition coefficient (Wildman–Crippen LogP) is 1.97. The molecule has 0 amide bonds. The van der Waals surface area contributed by atoms with Gasteiger partial charge in [-0.25, -0.2) is 9.97 Å². The van der Waals surface area contributed by atoms with E-state index in [-0.39, 0.29) is 5.41 Å². The van der Waals surface area contributed by atoms with Crippen molar-refractivity contribution in [1.82, 2.24) is 9.97 Å². The van der Waals surface area contributed by atoms with Crippen molar-refractivity contribution in [3.05, 3.63) is 11.9 Å². The second kappa shape index (κ2) is 6.54. The Balaban J connectivity index is 2.79. The van der Waals surface area contributed by atoms with Crippen LogP contribution in [0.5, 0.6) is 5.88 Å². The monoisotopic (exact) mass is 252 g/mol. The molecule has 0 aliphatic carbocycles. The van der Waals surface area contributed by atoms with Crippen LogP contribution >= 0.6 is 0 Å². The fourth-order valence-corrected chi connectivity index (χ4v) is 1.95. The Hall–Kier alpha value is -1.36. The molecule has 1 aromatic heterocycles. The Labute approximate surface area is 109 Å². The molecule has 0 saturated heterocycles. The predicted molar refractivity (Wildman–Crippen MR) is 73.9 cm³/mol. The van der Waals surface area contributed by atoms with E-state index in [0.717, 1.165) is 30.8 Å². The first-order valence-electron chi connectivity index (χ1n) is 6.42. The summed E-state index contributed by atoms with van der Waals surface area (Å²) in [5.41, 5.74) is 6.95. The zero-order valence-corrected chi connectivity index (χ0v) is 11.8. The molecule has 102 valence electrons. The van der Waals surface area contributed by atoms with Gasteiger partial charge in [0.1, 0.15) is 12.1 Å². The number of aromatic nitrogens is 2. The van der Waals surface area contributed by atoms with Crippen molar-refractivity contribution in [3.63, 3.8) is 0 Å². The maximum atomic E-state index is 5.89. The molecule has 0 atom stereocenters. The molecule has 5 heteroatoms. The summed E-state index contributed by atoms with van der Waals surface area (Å²) in [5.74, 6) is 1.43. The zero-order valence-electron chi connectivity index (χ0n) is 11.8. The van der Waals surface area contributed by atoms with Crippen LogP contribution in [0.3, 0.4) is 0 Å². The van der Waals surface area contributed by atoms with Gasteiger partial charge >= 0.3 is 0 Å². The molecule has 3 N–H and O–H groups in total. The standard InChI is InChI=1S/C13H24N4O/c1-5-13(6-2,7-14)8-15-11-10(3)12(18-4)17-9-16-11/h9H,5-8,14H2,1-4H3,(H,15,16,17). The fourth-order valence-electron chi connectivity index (χ4n) is 1.95. The highest BCUT2D eigenvalue weighted by atomic mass is 16.5. The number of anilines is 1. The first-order chi connectivity index (χ1) is 8.62. The van der Waals surface area contributed by atoms with Gasteiger partial charge in [0, 0.05) is 6.54 Å². The van der Waals surface area contributed by atoms with Gasteiger partial charge in [-0.05, 0) is 31.7 Å². The summed E-state index contributed by atoms with van der Waals surface area (Å²) >= 11 is 0. The van der Waals surface area contributed by atoms with E-state index < -0.39 is 0 Å². The molecule has 1 aromatic rings. The van der Waals surface area contributed by atoms with Crippen molar-refractivity contribution < 1.29 is 4.74 Å². The minimum absolute atomic E-state index is 0.130. The molecule has 0 aliphatic rings. The molecule has 1 heterocycles. The Morgan fingerprint density at radius 2 is 2.00 bits per heavy atom. The lowest BCUT2D eigenvalue weighted by Gasteiger charge is -2.30. The van der Waals surface area contributed by atoms with Gasteiger partial charge in [0.25, 0.3) is 0 Å². The lowest BCUT2D eigenvalue weighted by molar-refractivity contribution is 0.294. The number of nitrogens with zero attached hydrogens (tertiary/aromatic N) is 2. The number of rotatable bonds is 7. The third-order valence-electron chi connectivity index (χ3n) is 3.80. The molecule has 18 heavy (non-hydrogen) atoms. The van der Waals surface area contributed by atoms with Crippen LogP contribution in [-0.2, 0) is 0 Å². The Bertz CT molecular complexity index is 369. The summed E-state index contributed by atoms with van der Waals surface area (Å²) in [6.07, 6.45) is 3.61. The lowest BCUT2D eigenvalue weighted by atomic mass is 9.82. The molecule has 0 aromatic carbocycles. The average molecular weight is 252 g/mol. The summed E-state index contributed by atoms with van der Waals surface area (Å²) in [6.45, 7) is 7.78. The van der Waals surface area contributed by atoms with Gasteiger partial charge in [0.15, 0.2) is 0 Å². The van der Waals surface area contributed by atoms with E-state index in [0.29, 0.717) is 12.4 Å². The molecule has 0 fully saturated rings. The second-order valence-electron chi connectivity index (χ2n) is 4.62. The largest absolute Gasteiger partial charge is 0.481 e. The van der Waals surface area contributed by atoms with Crippen molar-refractivity contribution in [2.45, 2.75) is 33.6 Å². The minimum Gasteiger partial charge on any atom is -0.481 e. The van der Waals surface area contributed by atoms with Crippen LogP contribution in [0, 0.1) is 12.3 Å². The number of hydrogen-bond acceptors (Lipinski definition) is 5. The number of methoxy groups -OCH3 is 1. The van der Waals surface area contributed by atoms with Crippen LogP contribution in [0.25, 0.3) is 0 Å². The number of nitrogens with one attached hydrogen (secondary N) is 1. The van der Waals surface area contributed by atoms with Gasteiger partial charge in [0.2, 0.25) is 5.88 Å². The van der Waals surface area contributed by atoms with Gasteiger partial charge in [-0.2, -0.15) is 0 Å². The first kappa shape index (κ1) is 14.7. The Morgan fingerprint density at radius 1 is 1.33 bits per heavy atom. The maximum absolute atomic E-state index is 5.89. The van der Waals surface area contributed by atoms with E-state index >= 15 is 0 Å². The molecule has 0 aliphatic heterocycles. The van der Waals surface area contributed by atoms with E-state index in [1.807, 2.05) is 6.92 Å². The normalized spacial score (nSPS) is 11.4. The smallest absolute Gasteiger partial charge is 0.221 e. The second-order valence-corrected chi connectivity index (χ2v) is 4.62. The van der Waals surface area contributed by atoms with Crippen molar-refractivity contribution >= 4 is 5.82 Å². The minimum atomic E-state index is 0.130. The molecule has 0 bridgehead atoms. The average Bonchev–Trinajstić information content (AvgIpc) is 2.42. The number of nitrogens with two attached hydrogens (primary N) is 1. The van der Waals surface area contributed by atoms with Crippen molar-refractivity contribution in [2.24, 2.45) is 11.1 Å². The van der Waals surface area contributed by atoms with Crippen LogP contribution in [0.1, 0.15) is 32.3 Å². The lowest BCUT2D eigenvalue weighted by Crippen LogP contribution is -2.36. The van der Waals surface area contributed by atoms with Crippen LogP contribution in [0.2, 0.25) is 0 Å². The van der Waals surface area contributed by atoms with Crippen LogP contribution in [-0.4, -0.2) is 30.2 Å². The molecule has 0 saturated carbocycles. The Morgan fingerprint density at radius 3 is 2.50 bits per heavy atom. The fraction of sp³-hybridized carbons (Fsp3) is 0.692. The maximum Gasteiger partial charge on any atom is 0.221 e. The van der Waals surface area contributed by atoms with Gasteiger partial charge in [-0.1, -0.05) is 13.8 Å². The summed E-state index contributed by atoms with van der Waals surface area (Å²) < 4.78 is 5.18. The molecule has 1 rings (SSSR count). The van der Waals surface area contributed by atoms with Crippen molar-refractivity contribution in [3.8, 4) is 5.88 Å². The third-order valence-corrected chi connectivity index (χ3v) is 3.80. The summed E-state index contributed by atoms with van der Waals surface area (Å²) in [5, 5.41) is 3.37. The molecule has 0 spiro atoms. The molecular weight excluding hydrogens is 228 g/mol. The van der Waals surface area contributed by atoms with Gasteiger partial charge in [-0.3, -0.25) is 0 Å². The molecule has 0 unspecified atom stereocenters. The quantitative estimate of drug-likeness (QED) is 0.776. The third kappa shape index (κ3) is 3.10. The topological polar surface area (TPSA) is 73.1 Å². The first-order valence-corrected chi connectivity index (χ1v) is 6.42. The molecule has 0 radical (unpaired) electrons. The van der Waals surface area contributed by atoms with Crippen molar-refractivity contribution in [1.29, 1.82) is 0 Å². The van der Waals surface area contributed by atoms with E-state index in [4.69, 9.17) is 10.5 Å². The van der Waals surface area contributed by atoms with E-state index in [2.05, 4.69) is 29.1 Å². The molecule has 5 nitrogen and oxygen atoms in total. The van der Waals surface area contributed by atoms with E-state index in [1.54, 1.807) is 7.11 Å². The molecular formula is C13H24N4O. The van der Waals surface area contributed by atoms with Gasteiger partial charge in [-0.15, -0.1) is 0 Å². The highest BCUT2D eigenvalue weighted by Crippen LogP contribution is 2.27. The van der Waals surface area contributed by atoms with E-state index in [1.165, 1.54) is 6.33 Å². The van der Waals surface area contributed by atoms with Crippen molar-refractivity contribution in [2.75, 3.05) is 25.5 Å². The number of hydrogen-bond donors (Lipinski definition) is 2.